The van der Waals surface area contributed by atoms with Crippen molar-refractivity contribution in [3.8, 4) is 5.75 Å². The Morgan fingerprint density at radius 1 is 1.39 bits per heavy atom. The SMILES string of the molecule is CCOC(=O)[C@@H](C)N1C(=O)S/C(=C/c2cc(Cl)c(OCC(=O)[O-])c(Br)c2)C1=O. The highest BCUT2D eigenvalue weighted by atomic mass is 79.9. The van der Waals surface area contributed by atoms with Crippen LogP contribution in [0.25, 0.3) is 6.08 Å². The molecule has 2 amide bonds. The molecule has 1 atom stereocenters. The van der Waals surface area contributed by atoms with Crippen LogP contribution in [0.4, 0.5) is 4.79 Å². The highest BCUT2D eigenvalue weighted by molar-refractivity contribution is 9.10. The van der Waals surface area contributed by atoms with Crippen LogP contribution in [0.1, 0.15) is 19.4 Å². The lowest BCUT2D eigenvalue weighted by Gasteiger charge is -2.19. The van der Waals surface area contributed by atoms with Gasteiger partial charge in [-0.2, -0.15) is 0 Å². The number of esters is 1. The number of carboxylic acid groups (broad SMARTS) is 1. The molecule has 0 saturated carbocycles. The summed E-state index contributed by atoms with van der Waals surface area (Å²) in [6, 6.07) is 1.94. The van der Waals surface area contributed by atoms with Gasteiger partial charge < -0.3 is 19.4 Å². The van der Waals surface area contributed by atoms with Crippen LogP contribution in [-0.4, -0.2) is 47.2 Å². The first-order chi connectivity index (χ1) is 13.1. The van der Waals surface area contributed by atoms with E-state index in [1.165, 1.54) is 19.1 Å². The fourth-order valence-electron chi connectivity index (χ4n) is 2.27. The van der Waals surface area contributed by atoms with Crippen molar-refractivity contribution in [2.24, 2.45) is 0 Å². The fourth-order valence-corrected chi connectivity index (χ4v) is 4.16. The summed E-state index contributed by atoms with van der Waals surface area (Å²) >= 11 is 10.00. The van der Waals surface area contributed by atoms with E-state index in [2.05, 4.69) is 15.9 Å². The number of benzene rings is 1. The van der Waals surface area contributed by atoms with E-state index in [0.29, 0.717) is 21.8 Å². The van der Waals surface area contributed by atoms with Crippen LogP contribution in [0.2, 0.25) is 5.02 Å². The molecule has 1 aliphatic rings. The third-order valence-corrected chi connectivity index (χ3v) is 5.24. The molecule has 0 bridgehead atoms. The van der Waals surface area contributed by atoms with Crippen molar-refractivity contribution in [3.63, 3.8) is 0 Å². The minimum Gasteiger partial charge on any atom is -0.546 e. The molecule has 1 aliphatic heterocycles. The van der Waals surface area contributed by atoms with Crippen LogP contribution < -0.4 is 9.84 Å². The second-order valence-corrected chi connectivity index (χ2v) is 7.71. The van der Waals surface area contributed by atoms with Gasteiger partial charge in [0.05, 0.1) is 27.0 Å². The predicted molar refractivity (Wildman–Crippen MR) is 104 cm³/mol. The van der Waals surface area contributed by atoms with Gasteiger partial charge in [-0.05, 0) is 65.3 Å². The number of nitrogens with zero attached hydrogens (tertiary/aromatic N) is 1. The molecule has 0 aliphatic carbocycles. The van der Waals surface area contributed by atoms with Crippen LogP contribution in [0.15, 0.2) is 21.5 Å². The number of imide groups is 1. The first kappa shape index (κ1) is 22.3. The average molecular weight is 492 g/mol. The van der Waals surface area contributed by atoms with Crippen molar-refractivity contribution in [1.82, 2.24) is 4.90 Å². The minimum atomic E-state index is -1.41. The molecular weight excluding hydrogens is 478 g/mol. The zero-order valence-electron chi connectivity index (χ0n) is 14.7. The molecule has 2 rings (SSSR count). The Morgan fingerprint density at radius 2 is 2.07 bits per heavy atom. The van der Waals surface area contributed by atoms with Crippen LogP contribution in [0.5, 0.6) is 5.75 Å². The first-order valence-electron chi connectivity index (χ1n) is 7.91. The monoisotopic (exact) mass is 490 g/mol. The van der Waals surface area contributed by atoms with Crippen molar-refractivity contribution in [2.75, 3.05) is 13.2 Å². The minimum absolute atomic E-state index is 0.0981. The summed E-state index contributed by atoms with van der Waals surface area (Å²) in [5, 5.41) is 10.0. The summed E-state index contributed by atoms with van der Waals surface area (Å²) in [6.07, 6.45) is 1.43. The lowest BCUT2D eigenvalue weighted by atomic mass is 10.2. The summed E-state index contributed by atoms with van der Waals surface area (Å²) in [4.78, 5) is 48.0. The zero-order valence-corrected chi connectivity index (χ0v) is 17.9. The Labute approximate surface area is 177 Å². The summed E-state index contributed by atoms with van der Waals surface area (Å²) in [7, 11) is 0. The van der Waals surface area contributed by atoms with Gasteiger partial charge >= 0.3 is 5.97 Å². The molecule has 8 nitrogen and oxygen atoms in total. The van der Waals surface area contributed by atoms with Gasteiger partial charge in [-0.15, -0.1) is 0 Å². The van der Waals surface area contributed by atoms with E-state index in [0.717, 1.165) is 4.90 Å². The van der Waals surface area contributed by atoms with E-state index < -0.39 is 35.7 Å². The number of ether oxygens (including phenoxy) is 2. The van der Waals surface area contributed by atoms with E-state index in [-0.39, 0.29) is 22.3 Å². The van der Waals surface area contributed by atoms with E-state index in [4.69, 9.17) is 21.1 Å². The van der Waals surface area contributed by atoms with Crippen LogP contribution in [0, 0.1) is 0 Å². The summed E-state index contributed by atoms with van der Waals surface area (Å²) in [5.74, 6) is -2.60. The Hall–Kier alpha value is -2.04. The van der Waals surface area contributed by atoms with E-state index in [9.17, 15) is 24.3 Å². The molecule has 1 aromatic carbocycles. The molecule has 1 heterocycles. The quantitative estimate of drug-likeness (QED) is 0.421. The lowest BCUT2D eigenvalue weighted by Crippen LogP contribution is -2.42. The van der Waals surface area contributed by atoms with Crippen LogP contribution in [-0.2, 0) is 19.1 Å². The molecule has 0 spiro atoms. The van der Waals surface area contributed by atoms with E-state index >= 15 is 0 Å². The highest BCUT2D eigenvalue weighted by Gasteiger charge is 2.41. The largest absolute Gasteiger partial charge is 0.546 e. The van der Waals surface area contributed by atoms with Gasteiger partial charge in [-0.25, -0.2) is 4.79 Å². The number of carbonyl (C=O) groups excluding carboxylic acids is 4. The number of hydrogen-bond acceptors (Lipinski definition) is 8. The summed E-state index contributed by atoms with van der Waals surface area (Å²) in [6.45, 7) is 2.49. The predicted octanol–water partition coefficient (Wildman–Crippen LogP) is 2.22. The van der Waals surface area contributed by atoms with Crippen molar-refractivity contribution in [3.05, 3.63) is 32.1 Å². The van der Waals surface area contributed by atoms with Crippen molar-refractivity contribution in [1.29, 1.82) is 0 Å². The molecule has 28 heavy (non-hydrogen) atoms. The van der Waals surface area contributed by atoms with Crippen LogP contribution in [0.3, 0.4) is 0 Å². The average Bonchev–Trinajstić information content (AvgIpc) is 2.87. The Bertz CT molecular complexity index is 850. The van der Waals surface area contributed by atoms with Gasteiger partial charge in [-0.3, -0.25) is 14.5 Å². The number of thioether (sulfide) groups is 1. The zero-order chi connectivity index (χ0) is 21.0. The van der Waals surface area contributed by atoms with Crippen LogP contribution >= 0.6 is 39.3 Å². The topological polar surface area (TPSA) is 113 Å². The third kappa shape index (κ3) is 5.06. The molecule has 0 aromatic heterocycles. The maximum atomic E-state index is 12.6. The van der Waals surface area contributed by atoms with Crippen molar-refractivity contribution >= 4 is 68.5 Å². The van der Waals surface area contributed by atoms with Gasteiger partial charge in [0.1, 0.15) is 12.6 Å². The molecule has 1 fully saturated rings. The van der Waals surface area contributed by atoms with E-state index in [1.807, 2.05) is 0 Å². The van der Waals surface area contributed by atoms with E-state index in [1.54, 1.807) is 13.0 Å². The molecule has 1 aromatic rings. The molecular formula is C17H14BrClNO7S-. The fraction of sp³-hybridized carbons (Fsp3) is 0.294. The molecule has 1 saturated heterocycles. The van der Waals surface area contributed by atoms with Crippen molar-refractivity contribution < 1.29 is 33.8 Å². The molecule has 11 heteroatoms. The van der Waals surface area contributed by atoms with Gasteiger partial charge in [0.15, 0.2) is 5.75 Å². The Balaban J connectivity index is 2.26. The lowest BCUT2D eigenvalue weighted by molar-refractivity contribution is -0.307. The second kappa shape index (κ2) is 9.44. The number of aliphatic carboxylic acids is 1. The number of rotatable bonds is 7. The Kier molecular flexibility index (Phi) is 7.50. The maximum absolute atomic E-state index is 12.6. The van der Waals surface area contributed by atoms with Gasteiger partial charge in [0, 0.05) is 0 Å². The van der Waals surface area contributed by atoms with Crippen molar-refractivity contribution in [2.45, 2.75) is 19.9 Å². The van der Waals surface area contributed by atoms with Gasteiger partial charge in [0.25, 0.3) is 11.1 Å². The number of carboxylic acids is 1. The second-order valence-electron chi connectivity index (χ2n) is 5.45. The maximum Gasteiger partial charge on any atom is 0.329 e. The van der Waals surface area contributed by atoms with Gasteiger partial charge in [-0.1, -0.05) is 11.6 Å². The first-order valence-corrected chi connectivity index (χ1v) is 9.89. The molecule has 0 unspecified atom stereocenters. The molecule has 0 radical (unpaired) electrons. The molecule has 0 N–H and O–H groups in total. The molecule has 150 valence electrons. The summed E-state index contributed by atoms with van der Waals surface area (Å²) < 4.78 is 10.2. The third-order valence-electron chi connectivity index (χ3n) is 3.49. The number of hydrogen-bond donors (Lipinski definition) is 0. The summed E-state index contributed by atoms with van der Waals surface area (Å²) in [5.41, 5.74) is 0.465. The highest BCUT2D eigenvalue weighted by Crippen LogP contribution is 2.38. The number of halogens is 2. The normalized spacial score (nSPS) is 16.4. The number of carbonyl (C=O) groups is 4. The standard InChI is InChI=1S/C17H15BrClNO7S/c1-3-26-16(24)8(2)20-15(23)12(28-17(20)25)6-9-4-10(18)14(11(19)5-9)27-7-13(21)22/h4-6,8H,3,7H2,1-2H3,(H,21,22)/p-1/b12-6+/t8-/m1/s1. The number of amides is 2. The smallest absolute Gasteiger partial charge is 0.329 e. The van der Waals surface area contributed by atoms with Gasteiger partial charge in [0.2, 0.25) is 0 Å². The Morgan fingerprint density at radius 3 is 2.64 bits per heavy atom.